The second-order valence-corrected chi connectivity index (χ2v) is 6.14. The zero-order valence-electron chi connectivity index (χ0n) is 13.7. The average molecular weight is 323 g/mol. The van der Waals surface area contributed by atoms with Crippen molar-refractivity contribution in [3.05, 3.63) is 53.3 Å². The van der Waals surface area contributed by atoms with Crippen LogP contribution in [0.4, 0.5) is 4.79 Å². The lowest BCUT2D eigenvalue weighted by Crippen LogP contribution is -2.45. The van der Waals surface area contributed by atoms with Crippen LogP contribution in [0.25, 0.3) is 0 Å². The van der Waals surface area contributed by atoms with Gasteiger partial charge in [-0.3, -0.25) is 5.10 Å². The molecule has 2 atom stereocenters. The maximum atomic E-state index is 12.7. The van der Waals surface area contributed by atoms with E-state index < -0.39 is 0 Å². The minimum Gasteiger partial charge on any atom is -0.331 e. The number of aromatic amines is 1. The van der Waals surface area contributed by atoms with Gasteiger partial charge >= 0.3 is 6.03 Å². The summed E-state index contributed by atoms with van der Waals surface area (Å²) in [5.41, 5.74) is 2.66. The molecule has 1 fully saturated rings. The van der Waals surface area contributed by atoms with Gasteiger partial charge in [0.2, 0.25) is 0 Å². The molecule has 1 aliphatic heterocycles. The zero-order chi connectivity index (χ0) is 16.9. The zero-order valence-corrected chi connectivity index (χ0v) is 13.7. The van der Waals surface area contributed by atoms with Crippen LogP contribution in [0.2, 0.25) is 0 Å². The molecule has 1 aromatic heterocycles. The molecule has 6 heteroatoms. The summed E-state index contributed by atoms with van der Waals surface area (Å²) in [5, 5.41) is 18.8. The molecule has 0 aliphatic carbocycles. The molecule has 0 spiro atoms. The van der Waals surface area contributed by atoms with Crippen molar-refractivity contribution in [2.45, 2.75) is 38.3 Å². The van der Waals surface area contributed by atoms with E-state index >= 15 is 0 Å². The first-order valence-electron chi connectivity index (χ1n) is 8.25. The van der Waals surface area contributed by atoms with Gasteiger partial charge in [0.1, 0.15) is 0 Å². The first-order chi connectivity index (χ1) is 11.7. The Bertz CT molecular complexity index is 717. The van der Waals surface area contributed by atoms with Crippen molar-refractivity contribution in [2.24, 2.45) is 0 Å². The Morgan fingerprint density at radius 3 is 2.88 bits per heavy atom. The number of carbonyl (C=O) groups excluding carboxylic acids is 1. The van der Waals surface area contributed by atoms with Crippen LogP contribution in [0.15, 0.2) is 36.7 Å². The predicted molar refractivity (Wildman–Crippen MR) is 90.0 cm³/mol. The molecule has 24 heavy (non-hydrogen) atoms. The maximum Gasteiger partial charge on any atom is 0.318 e. The van der Waals surface area contributed by atoms with Crippen molar-refractivity contribution in [3.63, 3.8) is 0 Å². The summed E-state index contributed by atoms with van der Waals surface area (Å²) in [6, 6.07) is 9.31. The van der Waals surface area contributed by atoms with Gasteiger partial charge in [-0.1, -0.05) is 12.1 Å². The molecule has 2 amide bonds. The number of benzene rings is 1. The largest absolute Gasteiger partial charge is 0.331 e. The predicted octanol–water partition coefficient (Wildman–Crippen LogP) is 3.28. The van der Waals surface area contributed by atoms with Gasteiger partial charge in [0, 0.05) is 18.3 Å². The number of rotatable bonds is 3. The van der Waals surface area contributed by atoms with E-state index in [0.717, 1.165) is 36.9 Å². The van der Waals surface area contributed by atoms with Gasteiger partial charge in [-0.2, -0.15) is 10.4 Å². The summed E-state index contributed by atoms with van der Waals surface area (Å²) in [6.45, 7) is 2.71. The first-order valence-corrected chi connectivity index (χ1v) is 8.25. The Labute approximate surface area is 141 Å². The number of hydrogen-bond donors (Lipinski definition) is 2. The van der Waals surface area contributed by atoms with Crippen LogP contribution in [0.1, 0.15) is 55.0 Å². The number of nitrogens with one attached hydrogen (secondary N) is 2. The third-order valence-corrected chi connectivity index (χ3v) is 4.55. The topological polar surface area (TPSA) is 84.8 Å². The highest BCUT2D eigenvalue weighted by molar-refractivity contribution is 5.75. The number of nitriles is 1. The molecule has 0 saturated carbocycles. The van der Waals surface area contributed by atoms with E-state index in [1.807, 2.05) is 30.2 Å². The molecule has 0 bridgehead atoms. The molecule has 2 heterocycles. The number of urea groups is 1. The molecule has 2 aromatic rings. The maximum absolute atomic E-state index is 12.7. The molecule has 1 aliphatic rings. The van der Waals surface area contributed by atoms with Gasteiger partial charge in [-0.15, -0.1) is 0 Å². The molecule has 1 saturated heterocycles. The monoisotopic (exact) mass is 323 g/mol. The number of aromatic nitrogens is 2. The number of carbonyl (C=O) groups is 1. The lowest BCUT2D eigenvalue weighted by molar-refractivity contribution is 0.149. The van der Waals surface area contributed by atoms with E-state index in [9.17, 15) is 4.79 Å². The Balaban J connectivity index is 1.69. The van der Waals surface area contributed by atoms with E-state index in [2.05, 4.69) is 21.6 Å². The van der Waals surface area contributed by atoms with E-state index in [1.165, 1.54) is 0 Å². The SMILES string of the molecule is C[C@@H](NC(=O)N1CCCC[C@H]1c1cn[nH]c1)c1ccc(C#N)cc1. The van der Waals surface area contributed by atoms with Crippen molar-refractivity contribution >= 4 is 6.03 Å². The Morgan fingerprint density at radius 1 is 1.42 bits per heavy atom. The van der Waals surface area contributed by atoms with Crippen LogP contribution in [0.5, 0.6) is 0 Å². The van der Waals surface area contributed by atoms with Gasteiger partial charge in [-0.05, 0) is 43.9 Å². The van der Waals surface area contributed by atoms with Crippen molar-refractivity contribution in [2.75, 3.05) is 6.54 Å². The second kappa shape index (κ2) is 7.18. The number of nitrogens with zero attached hydrogens (tertiary/aromatic N) is 3. The number of H-pyrrole nitrogens is 1. The van der Waals surface area contributed by atoms with Crippen molar-refractivity contribution in [3.8, 4) is 6.07 Å². The smallest absolute Gasteiger partial charge is 0.318 e. The van der Waals surface area contributed by atoms with E-state index in [-0.39, 0.29) is 18.1 Å². The summed E-state index contributed by atoms with van der Waals surface area (Å²) in [7, 11) is 0. The molecule has 0 unspecified atom stereocenters. The van der Waals surface area contributed by atoms with Gasteiger partial charge < -0.3 is 10.2 Å². The fraction of sp³-hybridized carbons (Fsp3) is 0.389. The third kappa shape index (κ3) is 3.40. The Morgan fingerprint density at radius 2 is 2.21 bits per heavy atom. The quantitative estimate of drug-likeness (QED) is 0.909. The molecular formula is C18H21N5O. The molecule has 6 nitrogen and oxygen atoms in total. The molecular weight excluding hydrogens is 302 g/mol. The van der Waals surface area contributed by atoms with Crippen LogP contribution < -0.4 is 5.32 Å². The molecule has 124 valence electrons. The lowest BCUT2D eigenvalue weighted by atomic mass is 9.98. The molecule has 2 N–H and O–H groups in total. The van der Waals surface area contributed by atoms with Crippen LogP contribution >= 0.6 is 0 Å². The van der Waals surface area contributed by atoms with Crippen LogP contribution in [0.3, 0.4) is 0 Å². The number of piperidine rings is 1. The fourth-order valence-corrected chi connectivity index (χ4v) is 3.16. The lowest BCUT2D eigenvalue weighted by Gasteiger charge is -2.36. The summed E-state index contributed by atoms with van der Waals surface area (Å²) >= 11 is 0. The van der Waals surface area contributed by atoms with Crippen molar-refractivity contribution in [1.29, 1.82) is 5.26 Å². The normalized spacial score (nSPS) is 18.7. The average Bonchev–Trinajstić information content (AvgIpc) is 3.16. The standard InChI is InChI=1S/C18H21N5O/c1-13(15-7-5-14(10-19)6-8-15)22-18(24)23-9-3-2-4-17(23)16-11-20-21-12-16/h5-8,11-13,17H,2-4,9H2,1H3,(H,20,21)(H,22,24)/t13-,17+/m1/s1. The summed E-state index contributed by atoms with van der Waals surface area (Å²) in [4.78, 5) is 14.6. The summed E-state index contributed by atoms with van der Waals surface area (Å²) < 4.78 is 0. The van der Waals surface area contributed by atoms with Crippen LogP contribution in [0, 0.1) is 11.3 Å². The second-order valence-electron chi connectivity index (χ2n) is 6.14. The van der Waals surface area contributed by atoms with Gasteiger partial charge in [0.05, 0.1) is 29.9 Å². The first kappa shape index (κ1) is 16.1. The van der Waals surface area contributed by atoms with Gasteiger partial charge in [-0.25, -0.2) is 4.79 Å². The minimum absolute atomic E-state index is 0.0576. The molecule has 0 radical (unpaired) electrons. The van der Waals surface area contributed by atoms with E-state index in [1.54, 1.807) is 18.3 Å². The highest BCUT2D eigenvalue weighted by Gasteiger charge is 2.29. The van der Waals surface area contributed by atoms with E-state index in [4.69, 9.17) is 5.26 Å². The number of hydrogen-bond acceptors (Lipinski definition) is 3. The van der Waals surface area contributed by atoms with E-state index in [0.29, 0.717) is 5.56 Å². The number of amides is 2. The van der Waals surface area contributed by atoms with Crippen LogP contribution in [-0.2, 0) is 0 Å². The van der Waals surface area contributed by atoms with Crippen molar-refractivity contribution in [1.82, 2.24) is 20.4 Å². The Hall–Kier alpha value is -2.81. The summed E-state index contributed by atoms with van der Waals surface area (Å²) in [6.07, 6.45) is 6.75. The number of likely N-dealkylation sites (tertiary alicyclic amines) is 1. The molecule has 1 aromatic carbocycles. The summed E-state index contributed by atoms with van der Waals surface area (Å²) in [5.74, 6) is 0. The van der Waals surface area contributed by atoms with Crippen molar-refractivity contribution < 1.29 is 4.79 Å². The Kier molecular flexibility index (Phi) is 4.80. The van der Waals surface area contributed by atoms with Gasteiger partial charge in [0.15, 0.2) is 0 Å². The minimum atomic E-state index is -0.114. The highest BCUT2D eigenvalue weighted by Crippen LogP contribution is 2.30. The highest BCUT2D eigenvalue weighted by atomic mass is 16.2. The fourth-order valence-electron chi connectivity index (χ4n) is 3.16. The third-order valence-electron chi connectivity index (χ3n) is 4.55. The van der Waals surface area contributed by atoms with Crippen LogP contribution in [-0.4, -0.2) is 27.7 Å². The van der Waals surface area contributed by atoms with Gasteiger partial charge in [0.25, 0.3) is 0 Å². The molecule has 3 rings (SSSR count).